The monoisotopic (exact) mass is 360 g/mol. The molecule has 6 nitrogen and oxygen atoms in total. The molecule has 0 aromatic carbocycles. The average molecular weight is 361 g/mol. The van der Waals surface area contributed by atoms with Crippen LogP contribution in [0.4, 0.5) is 0 Å². The van der Waals surface area contributed by atoms with Crippen molar-refractivity contribution >= 4 is 11.8 Å². The number of likely N-dealkylation sites (tertiary alicyclic amines) is 1. The van der Waals surface area contributed by atoms with Crippen molar-refractivity contribution in [3.8, 4) is 0 Å². The first-order valence-corrected chi connectivity index (χ1v) is 10.3. The predicted octanol–water partition coefficient (Wildman–Crippen LogP) is 3.11. The predicted molar refractivity (Wildman–Crippen MR) is 101 cm³/mol. The van der Waals surface area contributed by atoms with Crippen molar-refractivity contribution in [1.29, 1.82) is 0 Å². The third kappa shape index (κ3) is 3.38. The summed E-state index contributed by atoms with van der Waals surface area (Å²) in [7, 11) is 0. The van der Waals surface area contributed by atoms with Crippen molar-refractivity contribution in [3.63, 3.8) is 0 Å². The zero-order chi connectivity index (χ0) is 18.7. The number of rotatable bonds is 5. The Hall–Kier alpha value is -1.85. The van der Waals surface area contributed by atoms with E-state index >= 15 is 0 Å². The van der Waals surface area contributed by atoms with Gasteiger partial charge in [0, 0.05) is 32.2 Å². The summed E-state index contributed by atoms with van der Waals surface area (Å²) in [4.78, 5) is 34.7. The van der Waals surface area contributed by atoms with Crippen LogP contribution in [-0.2, 0) is 13.0 Å². The van der Waals surface area contributed by atoms with Gasteiger partial charge in [0.2, 0.25) is 0 Å². The van der Waals surface area contributed by atoms with Crippen LogP contribution in [0.15, 0.2) is 0 Å². The van der Waals surface area contributed by atoms with Gasteiger partial charge in [-0.05, 0) is 58.8 Å². The topological polar surface area (TPSA) is 58.4 Å². The summed E-state index contributed by atoms with van der Waals surface area (Å²) in [6.07, 6.45) is 7.23. The fourth-order valence-electron chi connectivity index (χ4n) is 4.36. The minimum atomic E-state index is -0.0529. The van der Waals surface area contributed by atoms with Gasteiger partial charge in [-0.3, -0.25) is 9.59 Å². The van der Waals surface area contributed by atoms with Crippen molar-refractivity contribution in [2.75, 3.05) is 19.6 Å². The Bertz CT molecular complexity index is 663. The Labute approximate surface area is 156 Å². The van der Waals surface area contributed by atoms with Gasteiger partial charge < -0.3 is 14.4 Å². The standard InChI is InChI=1S/C20H32N4O2/c1-4-15-11-7-9-13-23(15)19(25)17-16-12-8-10-14-24(16)18(21-17)20(26)22(5-2)6-3/h15H,4-14H2,1-3H3. The molecule has 2 amide bonds. The van der Waals surface area contributed by atoms with Gasteiger partial charge in [0.25, 0.3) is 11.8 Å². The van der Waals surface area contributed by atoms with E-state index < -0.39 is 0 Å². The lowest BCUT2D eigenvalue weighted by atomic mass is 9.99. The number of carbonyl (C=O) groups is 2. The first-order valence-electron chi connectivity index (χ1n) is 10.3. The van der Waals surface area contributed by atoms with Gasteiger partial charge in [0.1, 0.15) is 5.69 Å². The van der Waals surface area contributed by atoms with Crippen LogP contribution in [0.2, 0.25) is 0 Å². The number of piperidine rings is 1. The molecule has 26 heavy (non-hydrogen) atoms. The van der Waals surface area contributed by atoms with Crippen LogP contribution in [0.5, 0.6) is 0 Å². The molecular formula is C20H32N4O2. The van der Waals surface area contributed by atoms with Crippen LogP contribution in [0, 0.1) is 0 Å². The number of hydrogen-bond acceptors (Lipinski definition) is 3. The van der Waals surface area contributed by atoms with Crippen LogP contribution in [0.25, 0.3) is 0 Å². The highest BCUT2D eigenvalue weighted by molar-refractivity contribution is 5.97. The molecule has 2 aliphatic rings. The Morgan fingerprint density at radius 3 is 2.50 bits per heavy atom. The molecule has 144 valence electrons. The molecule has 0 radical (unpaired) electrons. The van der Waals surface area contributed by atoms with Gasteiger partial charge in [0.05, 0.1) is 5.69 Å². The van der Waals surface area contributed by atoms with Crippen molar-refractivity contribution < 1.29 is 9.59 Å². The fraction of sp³-hybridized carbons (Fsp3) is 0.750. The van der Waals surface area contributed by atoms with E-state index in [9.17, 15) is 9.59 Å². The molecular weight excluding hydrogens is 328 g/mol. The highest BCUT2D eigenvalue weighted by Crippen LogP contribution is 2.26. The first-order chi connectivity index (χ1) is 12.6. The SMILES string of the molecule is CCC1CCCCN1C(=O)c1nc(C(=O)N(CC)CC)n2c1CCCC2. The summed E-state index contributed by atoms with van der Waals surface area (Å²) in [6, 6.07) is 0.305. The van der Waals surface area contributed by atoms with Crippen LogP contribution in [0.3, 0.4) is 0 Å². The Balaban J connectivity index is 1.97. The fourth-order valence-corrected chi connectivity index (χ4v) is 4.36. The second-order valence-corrected chi connectivity index (χ2v) is 7.37. The van der Waals surface area contributed by atoms with Crippen LogP contribution >= 0.6 is 0 Å². The number of amides is 2. The molecule has 1 saturated heterocycles. The van der Waals surface area contributed by atoms with E-state index in [1.165, 1.54) is 6.42 Å². The first kappa shape index (κ1) is 18.9. The number of carbonyl (C=O) groups excluding carboxylic acids is 2. The van der Waals surface area contributed by atoms with Gasteiger partial charge in [-0.15, -0.1) is 0 Å². The smallest absolute Gasteiger partial charge is 0.289 e. The van der Waals surface area contributed by atoms with Gasteiger partial charge >= 0.3 is 0 Å². The van der Waals surface area contributed by atoms with Gasteiger partial charge in [-0.25, -0.2) is 4.98 Å². The maximum atomic E-state index is 13.3. The number of hydrogen-bond donors (Lipinski definition) is 0. The van der Waals surface area contributed by atoms with Crippen molar-refractivity contribution in [2.24, 2.45) is 0 Å². The molecule has 3 heterocycles. The van der Waals surface area contributed by atoms with Gasteiger partial charge in [0.15, 0.2) is 5.82 Å². The van der Waals surface area contributed by atoms with Crippen molar-refractivity contribution in [1.82, 2.24) is 19.4 Å². The summed E-state index contributed by atoms with van der Waals surface area (Å²) < 4.78 is 2.02. The number of nitrogens with zero attached hydrogens (tertiary/aromatic N) is 4. The molecule has 1 aromatic rings. The van der Waals surface area contributed by atoms with E-state index in [0.29, 0.717) is 30.6 Å². The molecule has 1 aromatic heterocycles. The molecule has 0 saturated carbocycles. The molecule has 6 heteroatoms. The van der Waals surface area contributed by atoms with E-state index in [1.807, 2.05) is 23.3 Å². The largest absolute Gasteiger partial charge is 0.337 e. The number of aromatic nitrogens is 2. The summed E-state index contributed by atoms with van der Waals surface area (Å²) in [5, 5.41) is 0. The molecule has 1 unspecified atom stereocenters. The van der Waals surface area contributed by atoms with E-state index in [4.69, 9.17) is 0 Å². The normalized spacial score (nSPS) is 20.0. The molecule has 3 rings (SSSR count). The highest BCUT2D eigenvalue weighted by Gasteiger charge is 2.33. The molecule has 2 aliphatic heterocycles. The number of imidazole rings is 1. The van der Waals surface area contributed by atoms with Gasteiger partial charge in [-0.2, -0.15) is 0 Å². The highest BCUT2D eigenvalue weighted by atomic mass is 16.2. The van der Waals surface area contributed by atoms with Crippen LogP contribution in [-0.4, -0.2) is 56.8 Å². The van der Waals surface area contributed by atoms with E-state index in [-0.39, 0.29) is 11.8 Å². The second kappa shape index (κ2) is 8.23. The van der Waals surface area contributed by atoms with Gasteiger partial charge in [-0.1, -0.05) is 6.92 Å². The minimum Gasteiger partial charge on any atom is -0.337 e. The second-order valence-electron chi connectivity index (χ2n) is 7.37. The molecule has 0 bridgehead atoms. The molecule has 0 aliphatic carbocycles. The zero-order valence-corrected chi connectivity index (χ0v) is 16.5. The van der Waals surface area contributed by atoms with Crippen molar-refractivity contribution in [2.45, 2.75) is 78.3 Å². The van der Waals surface area contributed by atoms with E-state index in [0.717, 1.165) is 57.3 Å². The maximum absolute atomic E-state index is 13.3. The summed E-state index contributed by atoms with van der Waals surface area (Å²) >= 11 is 0. The quantitative estimate of drug-likeness (QED) is 0.811. The lowest BCUT2D eigenvalue weighted by Gasteiger charge is -2.35. The molecule has 0 spiro atoms. The minimum absolute atomic E-state index is 0.0285. The lowest BCUT2D eigenvalue weighted by molar-refractivity contribution is 0.0600. The van der Waals surface area contributed by atoms with Crippen molar-refractivity contribution in [3.05, 3.63) is 17.2 Å². The summed E-state index contributed by atoms with van der Waals surface area (Å²) in [5.74, 6) is 0.431. The summed E-state index contributed by atoms with van der Waals surface area (Å²) in [5.41, 5.74) is 1.50. The van der Waals surface area contributed by atoms with E-state index in [1.54, 1.807) is 4.90 Å². The van der Waals surface area contributed by atoms with Crippen LogP contribution in [0.1, 0.15) is 86.1 Å². The molecule has 1 fully saturated rings. The summed E-state index contributed by atoms with van der Waals surface area (Å²) in [6.45, 7) is 9.02. The number of fused-ring (bicyclic) bond motifs is 1. The third-order valence-electron chi connectivity index (χ3n) is 5.92. The Kier molecular flexibility index (Phi) is 5.99. The Morgan fingerprint density at radius 2 is 1.81 bits per heavy atom. The maximum Gasteiger partial charge on any atom is 0.289 e. The van der Waals surface area contributed by atoms with E-state index in [2.05, 4.69) is 11.9 Å². The van der Waals surface area contributed by atoms with Crippen LogP contribution < -0.4 is 0 Å². The molecule has 0 N–H and O–H groups in total. The average Bonchev–Trinajstić information content (AvgIpc) is 3.08. The third-order valence-corrected chi connectivity index (χ3v) is 5.92. The lowest BCUT2D eigenvalue weighted by Crippen LogP contribution is -2.44. The molecule has 1 atom stereocenters. The zero-order valence-electron chi connectivity index (χ0n) is 16.5. The Morgan fingerprint density at radius 1 is 1.08 bits per heavy atom.